The summed E-state index contributed by atoms with van der Waals surface area (Å²) < 4.78 is 27.9. The fourth-order valence-electron chi connectivity index (χ4n) is 4.28. The summed E-state index contributed by atoms with van der Waals surface area (Å²) in [6, 6.07) is 5.17. The van der Waals surface area contributed by atoms with E-state index in [9.17, 15) is 13.2 Å². The zero-order valence-electron chi connectivity index (χ0n) is 17.3. The van der Waals surface area contributed by atoms with Crippen LogP contribution in [-0.2, 0) is 10.0 Å². The molecule has 0 atom stereocenters. The summed E-state index contributed by atoms with van der Waals surface area (Å²) in [6.07, 6.45) is 3.99. The fourth-order valence-corrected chi connectivity index (χ4v) is 5.82. The number of rotatable bonds is 3. The summed E-state index contributed by atoms with van der Waals surface area (Å²) in [5.41, 5.74) is 2.18. The second-order valence-corrected chi connectivity index (χ2v) is 10.2. The van der Waals surface area contributed by atoms with E-state index in [1.165, 1.54) is 0 Å². The molecule has 158 valence electrons. The molecule has 1 aromatic heterocycles. The van der Waals surface area contributed by atoms with Crippen LogP contribution in [0.2, 0.25) is 0 Å². The van der Waals surface area contributed by atoms with E-state index < -0.39 is 10.0 Å². The van der Waals surface area contributed by atoms with Crippen LogP contribution >= 0.6 is 0 Å². The number of amides is 1. The number of likely N-dealkylation sites (N-methyl/N-ethyl adjacent to an activating group) is 1. The lowest BCUT2D eigenvalue weighted by Crippen LogP contribution is -2.47. The lowest BCUT2D eigenvalue weighted by atomic mass is 10.1. The summed E-state index contributed by atoms with van der Waals surface area (Å²) in [4.78, 5) is 20.6. The van der Waals surface area contributed by atoms with Crippen molar-refractivity contribution < 1.29 is 13.2 Å². The molecular formula is C21H30N4O3S. The van der Waals surface area contributed by atoms with Gasteiger partial charge < -0.3 is 14.8 Å². The van der Waals surface area contributed by atoms with Crippen LogP contribution in [-0.4, -0.2) is 79.7 Å². The molecule has 1 amide bonds. The van der Waals surface area contributed by atoms with Gasteiger partial charge in [0.15, 0.2) is 0 Å². The van der Waals surface area contributed by atoms with Crippen molar-refractivity contribution in [2.24, 2.45) is 0 Å². The minimum Gasteiger partial charge on any atom is -0.350 e. The van der Waals surface area contributed by atoms with Crippen molar-refractivity contribution >= 4 is 26.8 Å². The van der Waals surface area contributed by atoms with Crippen molar-refractivity contribution in [3.8, 4) is 0 Å². The summed E-state index contributed by atoms with van der Waals surface area (Å²) in [5, 5.41) is 0.804. The molecule has 2 aliphatic rings. The average molecular weight is 419 g/mol. The van der Waals surface area contributed by atoms with E-state index in [0.29, 0.717) is 36.8 Å². The van der Waals surface area contributed by atoms with Crippen LogP contribution in [0.5, 0.6) is 0 Å². The minimum atomic E-state index is -3.51. The average Bonchev–Trinajstić information content (AvgIpc) is 2.89. The predicted octanol–water partition coefficient (Wildman–Crippen LogP) is 2.43. The number of fused-ring (bicyclic) bond motifs is 1. The zero-order valence-corrected chi connectivity index (χ0v) is 18.1. The van der Waals surface area contributed by atoms with Crippen LogP contribution < -0.4 is 0 Å². The van der Waals surface area contributed by atoms with Crippen molar-refractivity contribution in [2.75, 3.05) is 46.3 Å². The lowest BCUT2D eigenvalue weighted by molar-refractivity contribution is 0.0658. The van der Waals surface area contributed by atoms with Gasteiger partial charge in [0, 0.05) is 50.2 Å². The molecule has 0 unspecified atom stereocenters. The standard InChI is InChI=1S/C21H30N4O3S/c1-16-18-15-17(29(27,28)25-9-5-3-4-6-10-25)7-8-19(18)22-20(16)21(26)24-13-11-23(2)12-14-24/h7-8,15,22H,3-6,9-14H2,1-2H3. The first-order chi connectivity index (χ1) is 13.9. The highest BCUT2D eigenvalue weighted by Gasteiger charge is 2.27. The second-order valence-electron chi connectivity index (χ2n) is 8.25. The van der Waals surface area contributed by atoms with Crippen LogP contribution in [0.3, 0.4) is 0 Å². The summed E-state index contributed by atoms with van der Waals surface area (Å²) in [5.74, 6) is -0.0104. The van der Waals surface area contributed by atoms with Gasteiger partial charge in [0.1, 0.15) is 5.69 Å². The first kappa shape index (κ1) is 20.4. The molecule has 3 heterocycles. The van der Waals surface area contributed by atoms with Gasteiger partial charge in [-0.2, -0.15) is 4.31 Å². The summed E-state index contributed by atoms with van der Waals surface area (Å²) >= 11 is 0. The van der Waals surface area contributed by atoms with E-state index in [0.717, 1.165) is 55.2 Å². The number of H-pyrrole nitrogens is 1. The molecule has 2 fully saturated rings. The van der Waals surface area contributed by atoms with Gasteiger partial charge in [-0.05, 0) is 50.6 Å². The molecule has 1 aromatic carbocycles. The maximum absolute atomic E-state index is 13.1. The van der Waals surface area contributed by atoms with Gasteiger partial charge in [0.05, 0.1) is 4.90 Å². The number of benzene rings is 1. The normalized spacial score (nSPS) is 20.1. The smallest absolute Gasteiger partial charge is 0.270 e. The molecular weight excluding hydrogens is 388 g/mol. The van der Waals surface area contributed by atoms with Crippen LogP contribution in [0, 0.1) is 6.92 Å². The first-order valence-electron chi connectivity index (χ1n) is 10.5. The first-order valence-corrected chi connectivity index (χ1v) is 11.9. The van der Waals surface area contributed by atoms with E-state index >= 15 is 0 Å². The molecule has 8 heteroatoms. The molecule has 0 spiro atoms. The van der Waals surface area contributed by atoms with Gasteiger partial charge in [-0.25, -0.2) is 8.42 Å². The SMILES string of the molecule is Cc1c(C(=O)N2CCN(C)CC2)[nH]c2ccc(S(=O)(=O)N3CCCCCC3)cc12. The molecule has 0 aliphatic carbocycles. The topological polar surface area (TPSA) is 76.7 Å². The molecule has 0 bridgehead atoms. The Labute approximate surface area is 172 Å². The maximum Gasteiger partial charge on any atom is 0.270 e. The van der Waals surface area contributed by atoms with E-state index in [1.807, 2.05) is 11.8 Å². The Morgan fingerprint density at radius 2 is 1.62 bits per heavy atom. The van der Waals surface area contributed by atoms with E-state index in [2.05, 4.69) is 16.9 Å². The highest BCUT2D eigenvalue weighted by Crippen LogP contribution is 2.28. The van der Waals surface area contributed by atoms with Crippen LogP contribution in [0.25, 0.3) is 10.9 Å². The number of aromatic amines is 1. The Bertz CT molecular complexity index is 998. The third-order valence-corrected chi connectivity index (χ3v) is 8.13. The van der Waals surface area contributed by atoms with Crippen molar-refractivity contribution in [2.45, 2.75) is 37.5 Å². The Hall–Kier alpha value is -1.90. The molecule has 7 nitrogen and oxygen atoms in total. The maximum atomic E-state index is 13.1. The molecule has 2 aromatic rings. The van der Waals surface area contributed by atoms with E-state index in [1.54, 1.807) is 22.5 Å². The Balaban J connectivity index is 1.64. The molecule has 0 radical (unpaired) electrons. The van der Waals surface area contributed by atoms with Crippen molar-refractivity contribution in [3.63, 3.8) is 0 Å². The highest BCUT2D eigenvalue weighted by molar-refractivity contribution is 7.89. The van der Waals surface area contributed by atoms with E-state index in [4.69, 9.17) is 0 Å². The number of piperazine rings is 1. The number of nitrogens with zero attached hydrogens (tertiary/aromatic N) is 3. The van der Waals surface area contributed by atoms with E-state index in [-0.39, 0.29) is 5.91 Å². The third-order valence-electron chi connectivity index (χ3n) is 6.24. The molecule has 0 saturated carbocycles. The largest absolute Gasteiger partial charge is 0.350 e. The monoisotopic (exact) mass is 418 g/mol. The number of nitrogens with one attached hydrogen (secondary N) is 1. The van der Waals surface area contributed by atoms with Gasteiger partial charge in [-0.15, -0.1) is 0 Å². The number of aryl methyl sites for hydroxylation is 1. The summed E-state index contributed by atoms with van der Waals surface area (Å²) in [7, 11) is -1.45. The zero-order chi connectivity index (χ0) is 20.6. The van der Waals surface area contributed by atoms with Crippen molar-refractivity contribution in [1.82, 2.24) is 19.1 Å². The molecule has 1 N–H and O–H groups in total. The quantitative estimate of drug-likeness (QED) is 0.831. The Kier molecular flexibility index (Phi) is 5.68. The van der Waals surface area contributed by atoms with Gasteiger partial charge in [-0.3, -0.25) is 4.79 Å². The number of carbonyl (C=O) groups excluding carboxylic acids is 1. The number of hydrogen-bond donors (Lipinski definition) is 1. The molecule has 2 saturated heterocycles. The van der Waals surface area contributed by atoms with Crippen LogP contribution in [0.4, 0.5) is 0 Å². The number of aromatic nitrogens is 1. The Morgan fingerprint density at radius 3 is 2.28 bits per heavy atom. The third kappa shape index (κ3) is 3.93. The predicted molar refractivity (Wildman–Crippen MR) is 114 cm³/mol. The number of carbonyl (C=O) groups is 1. The lowest BCUT2D eigenvalue weighted by Gasteiger charge is -2.32. The van der Waals surface area contributed by atoms with Gasteiger partial charge >= 0.3 is 0 Å². The highest BCUT2D eigenvalue weighted by atomic mass is 32.2. The van der Waals surface area contributed by atoms with Gasteiger partial charge in [0.25, 0.3) is 5.91 Å². The van der Waals surface area contributed by atoms with Crippen LogP contribution in [0.15, 0.2) is 23.1 Å². The second kappa shape index (κ2) is 8.08. The molecule has 29 heavy (non-hydrogen) atoms. The van der Waals surface area contributed by atoms with Crippen LogP contribution in [0.1, 0.15) is 41.7 Å². The Morgan fingerprint density at radius 1 is 0.966 bits per heavy atom. The molecule has 2 aliphatic heterocycles. The van der Waals surface area contributed by atoms with Crippen molar-refractivity contribution in [3.05, 3.63) is 29.5 Å². The van der Waals surface area contributed by atoms with Crippen molar-refractivity contribution in [1.29, 1.82) is 0 Å². The number of sulfonamides is 1. The minimum absolute atomic E-state index is 0.0104. The van der Waals surface area contributed by atoms with Gasteiger partial charge in [-0.1, -0.05) is 12.8 Å². The van der Waals surface area contributed by atoms with Gasteiger partial charge in [0.2, 0.25) is 10.0 Å². The summed E-state index contributed by atoms with van der Waals surface area (Å²) in [6.45, 7) is 6.20. The number of hydrogen-bond acceptors (Lipinski definition) is 4. The fraction of sp³-hybridized carbons (Fsp3) is 0.571. The molecule has 4 rings (SSSR count).